The highest BCUT2D eigenvalue weighted by atomic mass is 32.2. The second kappa shape index (κ2) is 5.52. The van der Waals surface area contributed by atoms with Gasteiger partial charge >= 0.3 is 0 Å². The molecule has 0 N–H and O–H groups in total. The number of aromatic nitrogens is 1. The van der Waals surface area contributed by atoms with Gasteiger partial charge in [-0.1, -0.05) is 6.07 Å². The van der Waals surface area contributed by atoms with Gasteiger partial charge in [0.25, 0.3) is 5.91 Å². The van der Waals surface area contributed by atoms with Gasteiger partial charge in [0.15, 0.2) is 0 Å². The molecule has 0 aromatic carbocycles. The van der Waals surface area contributed by atoms with Gasteiger partial charge in [0.2, 0.25) is 0 Å². The summed E-state index contributed by atoms with van der Waals surface area (Å²) in [5.74, 6) is 0.139. The minimum atomic E-state index is 0.139. The fraction of sp³-hybridized carbons (Fsp3) is 0.438. The van der Waals surface area contributed by atoms with Crippen molar-refractivity contribution in [1.82, 2.24) is 9.30 Å². The number of fused-ring (bicyclic) bond motifs is 1. The zero-order chi connectivity index (χ0) is 14.1. The maximum absolute atomic E-state index is 12.6. The standard InChI is InChI=1S/C16H20N2OS/c1-17(13-6-7-15(10-13)20-2)16(19)12-9-14-5-3-4-8-18(14)11-12/h3-5,8-9,11,13,15H,6-7,10H2,1-2H3. The van der Waals surface area contributed by atoms with Crippen LogP contribution in [0.4, 0.5) is 0 Å². The van der Waals surface area contributed by atoms with E-state index in [0.29, 0.717) is 11.3 Å². The summed E-state index contributed by atoms with van der Waals surface area (Å²) in [6.45, 7) is 0. The van der Waals surface area contributed by atoms with Crippen LogP contribution in [0.1, 0.15) is 29.6 Å². The topological polar surface area (TPSA) is 24.7 Å². The molecule has 20 heavy (non-hydrogen) atoms. The van der Waals surface area contributed by atoms with Crippen molar-refractivity contribution in [2.75, 3.05) is 13.3 Å². The molecule has 3 nitrogen and oxygen atoms in total. The Morgan fingerprint density at radius 1 is 1.40 bits per heavy atom. The predicted octanol–water partition coefficient (Wildman–Crippen LogP) is 3.30. The number of pyridine rings is 1. The monoisotopic (exact) mass is 288 g/mol. The number of amides is 1. The number of hydrogen-bond acceptors (Lipinski definition) is 2. The van der Waals surface area contributed by atoms with E-state index < -0.39 is 0 Å². The first kappa shape index (κ1) is 13.6. The largest absolute Gasteiger partial charge is 0.339 e. The van der Waals surface area contributed by atoms with Crippen molar-refractivity contribution >= 4 is 23.2 Å². The van der Waals surface area contributed by atoms with Crippen LogP contribution >= 0.6 is 11.8 Å². The molecule has 2 aromatic heterocycles. The van der Waals surface area contributed by atoms with E-state index in [-0.39, 0.29) is 5.91 Å². The minimum Gasteiger partial charge on any atom is -0.339 e. The molecular formula is C16H20N2OS. The Hall–Kier alpha value is -1.42. The maximum Gasteiger partial charge on any atom is 0.255 e. The summed E-state index contributed by atoms with van der Waals surface area (Å²) in [7, 11) is 1.94. The first-order valence-corrected chi connectivity index (χ1v) is 8.34. The lowest BCUT2D eigenvalue weighted by atomic mass is 10.2. The Balaban J connectivity index is 1.78. The number of nitrogens with zero attached hydrogens (tertiary/aromatic N) is 2. The highest BCUT2D eigenvalue weighted by Gasteiger charge is 2.30. The number of hydrogen-bond donors (Lipinski definition) is 0. The third-order valence-corrected chi connectivity index (χ3v) is 5.40. The summed E-state index contributed by atoms with van der Waals surface area (Å²) in [5.41, 5.74) is 1.85. The lowest BCUT2D eigenvalue weighted by Crippen LogP contribution is -2.35. The van der Waals surface area contributed by atoms with Crippen LogP contribution in [-0.2, 0) is 0 Å². The summed E-state index contributed by atoms with van der Waals surface area (Å²) in [6, 6.07) is 8.36. The highest BCUT2D eigenvalue weighted by molar-refractivity contribution is 7.99. The van der Waals surface area contributed by atoms with Gasteiger partial charge in [0.05, 0.1) is 5.56 Å². The SMILES string of the molecule is CSC1CCC(N(C)C(=O)c2cc3ccccn3c2)C1. The highest BCUT2D eigenvalue weighted by Crippen LogP contribution is 2.31. The van der Waals surface area contributed by atoms with Crippen LogP contribution in [0.2, 0.25) is 0 Å². The van der Waals surface area contributed by atoms with Crippen molar-refractivity contribution in [3.63, 3.8) is 0 Å². The molecule has 1 aliphatic rings. The van der Waals surface area contributed by atoms with Gasteiger partial charge in [-0.3, -0.25) is 4.79 Å². The average Bonchev–Trinajstić information content (AvgIpc) is 3.11. The molecular weight excluding hydrogens is 268 g/mol. The van der Waals surface area contributed by atoms with Crippen LogP contribution in [0.25, 0.3) is 5.52 Å². The fourth-order valence-corrected chi connectivity index (χ4v) is 3.81. The van der Waals surface area contributed by atoms with E-state index in [2.05, 4.69) is 6.26 Å². The number of thioether (sulfide) groups is 1. The number of carbonyl (C=O) groups is 1. The lowest BCUT2D eigenvalue weighted by molar-refractivity contribution is 0.0735. The lowest BCUT2D eigenvalue weighted by Gasteiger charge is -2.24. The van der Waals surface area contributed by atoms with Crippen LogP contribution in [0.3, 0.4) is 0 Å². The average molecular weight is 288 g/mol. The van der Waals surface area contributed by atoms with E-state index in [9.17, 15) is 4.79 Å². The van der Waals surface area contributed by atoms with Gasteiger partial charge in [-0.05, 0) is 43.7 Å². The first-order chi connectivity index (χ1) is 9.69. The molecule has 1 aliphatic carbocycles. The molecule has 1 fully saturated rings. The first-order valence-electron chi connectivity index (χ1n) is 7.05. The van der Waals surface area contributed by atoms with Crippen LogP contribution in [-0.4, -0.2) is 39.8 Å². The molecule has 0 aliphatic heterocycles. The zero-order valence-corrected chi connectivity index (χ0v) is 12.8. The summed E-state index contributed by atoms with van der Waals surface area (Å²) >= 11 is 1.92. The normalized spacial score (nSPS) is 22.3. The Labute approximate surface area is 124 Å². The smallest absolute Gasteiger partial charge is 0.255 e. The molecule has 0 radical (unpaired) electrons. The summed E-state index contributed by atoms with van der Waals surface area (Å²) in [6.07, 6.45) is 9.54. The zero-order valence-electron chi connectivity index (χ0n) is 12.0. The third-order valence-electron chi connectivity index (χ3n) is 4.31. The van der Waals surface area contributed by atoms with Gasteiger partial charge in [0.1, 0.15) is 0 Å². The summed E-state index contributed by atoms with van der Waals surface area (Å²) in [4.78, 5) is 14.5. The molecule has 2 atom stereocenters. The van der Waals surface area contributed by atoms with Crippen LogP contribution in [0, 0.1) is 0 Å². The van der Waals surface area contributed by atoms with Gasteiger partial charge in [-0.15, -0.1) is 0 Å². The Morgan fingerprint density at radius 3 is 2.95 bits per heavy atom. The fourth-order valence-electron chi connectivity index (χ4n) is 3.03. The number of carbonyl (C=O) groups excluding carboxylic acids is 1. The molecule has 2 aromatic rings. The van der Waals surface area contributed by atoms with Crippen molar-refractivity contribution < 1.29 is 4.79 Å². The molecule has 0 bridgehead atoms. The molecule has 0 saturated heterocycles. The molecule has 3 rings (SSSR count). The van der Waals surface area contributed by atoms with E-state index in [1.807, 2.05) is 64.8 Å². The second-order valence-corrected chi connectivity index (χ2v) is 6.64. The van der Waals surface area contributed by atoms with Gasteiger partial charge in [-0.25, -0.2) is 0 Å². The van der Waals surface area contributed by atoms with Crippen molar-refractivity contribution in [1.29, 1.82) is 0 Å². The van der Waals surface area contributed by atoms with E-state index in [0.717, 1.165) is 23.9 Å². The van der Waals surface area contributed by atoms with E-state index >= 15 is 0 Å². The molecule has 1 amide bonds. The second-order valence-electron chi connectivity index (χ2n) is 5.50. The van der Waals surface area contributed by atoms with Gasteiger partial charge in [0, 0.05) is 36.2 Å². The summed E-state index contributed by atoms with van der Waals surface area (Å²) < 4.78 is 2.00. The van der Waals surface area contributed by atoms with E-state index in [1.54, 1.807) is 0 Å². The number of rotatable bonds is 3. The summed E-state index contributed by atoms with van der Waals surface area (Å²) in [5, 5.41) is 0.711. The molecule has 1 saturated carbocycles. The van der Waals surface area contributed by atoms with Crippen LogP contribution < -0.4 is 0 Å². The van der Waals surface area contributed by atoms with Crippen LogP contribution in [0.5, 0.6) is 0 Å². The van der Waals surface area contributed by atoms with Crippen molar-refractivity contribution in [3.8, 4) is 0 Å². The Morgan fingerprint density at radius 2 is 2.25 bits per heavy atom. The van der Waals surface area contributed by atoms with E-state index in [4.69, 9.17) is 0 Å². The molecule has 106 valence electrons. The van der Waals surface area contributed by atoms with Crippen molar-refractivity contribution in [3.05, 3.63) is 42.2 Å². The Kier molecular flexibility index (Phi) is 3.74. The van der Waals surface area contributed by atoms with Gasteiger partial charge < -0.3 is 9.30 Å². The molecule has 0 spiro atoms. The van der Waals surface area contributed by atoms with Crippen molar-refractivity contribution in [2.24, 2.45) is 0 Å². The van der Waals surface area contributed by atoms with E-state index in [1.165, 1.54) is 6.42 Å². The third kappa shape index (κ3) is 2.44. The quantitative estimate of drug-likeness (QED) is 0.865. The predicted molar refractivity (Wildman–Crippen MR) is 84.4 cm³/mol. The molecule has 4 heteroatoms. The van der Waals surface area contributed by atoms with Crippen molar-refractivity contribution in [2.45, 2.75) is 30.6 Å². The van der Waals surface area contributed by atoms with Crippen LogP contribution in [0.15, 0.2) is 36.7 Å². The Bertz CT molecular complexity index is 589. The maximum atomic E-state index is 12.6. The molecule has 2 heterocycles. The van der Waals surface area contributed by atoms with Gasteiger partial charge in [-0.2, -0.15) is 11.8 Å². The molecule has 2 unspecified atom stereocenters. The minimum absolute atomic E-state index is 0.139.